The van der Waals surface area contributed by atoms with Crippen molar-refractivity contribution in [1.29, 1.82) is 0 Å². The zero-order valence-electron chi connectivity index (χ0n) is 8.49. The van der Waals surface area contributed by atoms with Gasteiger partial charge in [-0.15, -0.1) is 0 Å². The molecule has 0 radical (unpaired) electrons. The van der Waals surface area contributed by atoms with Crippen LogP contribution < -0.4 is 10.1 Å². The van der Waals surface area contributed by atoms with Gasteiger partial charge in [0.1, 0.15) is 11.8 Å². The Kier molecular flexibility index (Phi) is 2.49. The number of hydrogen-bond donors (Lipinski definition) is 2. The summed E-state index contributed by atoms with van der Waals surface area (Å²) >= 11 is 0. The first kappa shape index (κ1) is 9.83. The van der Waals surface area contributed by atoms with Gasteiger partial charge >= 0.3 is 5.97 Å². The molecule has 0 bridgehead atoms. The van der Waals surface area contributed by atoms with Gasteiger partial charge in [-0.25, -0.2) is 4.79 Å². The van der Waals surface area contributed by atoms with Crippen molar-refractivity contribution >= 4 is 11.7 Å². The number of aliphatic carboxylic acids is 1. The van der Waals surface area contributed by atoms with Crippen LogP contribution in [0.2, 0.25) is 0 Å². The second-order valence-electron chi connectivity index (χ2n) is 3.60. The van der Waals surface area contributed by atoms with Gasteiger partial charge in [0.05, 0.1) is 7.11 Å². The molecule has 0 amide bonds. The van der Waals surface area contributed by atoms with E-state index in [2.05, 4.69) is 5.32 Å². The molecule has 1 aromatic rings. The fourth-order valence-corrected chi connectivity index (χ4v) is 1.78. The highest BCUT2D eigenvalue weighted by molar-refractivity contribution is 5.79. The fraction of sp³-hybridized carbons (Fsp3) is 0.364. The number of nitrogens with one attached hydrogen (secondary N) is 1. The summed E-state index contributed by atoms with van der Waals surface area (Å²) in [6, 6.07) is 5.22. The molecule has 2 rings (SSSR count). The minimum Gasteiger partial charge on any atom is -0.497 e. The lowest BCUT2D eigenvalue weighted by molar-refractivity contribution is -0.138. The van der Waals surface area contributed by atoms with Gasteiger partial charge in [-0.1, -0.05) is 6.07 Å². The van der Waals surface area contributed by atoms with Crippen molar-refractivity contribution in [3.8, 4) is 5.75 Å². The summed E-state index contributed by atoms with van der Waals surface area (Å²) in [6.07, 6.45) is 1.43. The second kappa shape index (κ2) is 3.81. The molecule has 15 heavy (non-hydrogen) atoms. The van der Waals surface area contributed by atoms with Gasteiger partial charge in [0.15, 0.2) is 0 Å². The molecule has 0 spiro atoms. The van der Waals surface area contributed by atoms with E-state index < -0.39 is 12.0 Å². The molecule has 0 aliphatic carbocycles. The van der Waals surface area contributed by atoms with Crippen molar-refractivity contribution in [2.45, 2.75) is 18.9 Å². The number of anilines is 1. The number of methoxy groups -OCH3 is 1. The molecule has 80 valence electrons. The van der Waals surface area contributed by atoms with Crippen LogP contribution in [0.1, 0.15) is 12.0 Å². The molecule has 1 aliphatic heterocycles. The van der Waals surface area contributed by atoms with Gasteiger partial charge in [-0.05, 0) is 24.5 Å². The van der Waals surface area contributed by atoms with E-state index in [4.69, 9.17) is 9.84 Å². The first-order valence-corrected chi connectivity index (χ1v) is 4.87. The molecule has 0 unspecified atom stereocenters. The Balaban J connectivity index is 2.27. The number of ether oxygens (including phenoxy) is 1. The number of benzene rings is 1. The molecule has 1 aromatic carbocycles. The third kappa shape index (κ3) is 1.88. The first-order valence-electron chi connectivity index (χ1n) is 4.87. The molecule has 0 saturated heterocycles. The summed E-state index contributed by atoms with van der Waals surface area (Å²) in [5, 5.41) is 11.9. The Morgan fingerprint density at radius 1 is 1.60 bits per heavy atom. The number of carbonyl (C=O) groups is 1. The van der Waals surface area contributed by atoms with Crippen LogP contribution in [0.3, 0.4) is 0 Å². The maximum atomic E-state index is 10.8. The summed E-state index contributed by atoms with van der Waals surface area (Å²) in [4.78, 5) is 10.8. The van der Waals surface area contributed by atoms with Gasteiger partial charge in [0.2, 0.25) is 0 Å². The minimum absolute atomic E-state index is 0.482. The predicted molar refractivity (Wildman–Crippen MR) is 56.4 cm³/mol. The van der Waals surface area contributed by atoms with E-state index in [-0.39, 0.29) is 0 Å². The molecule has 4 nitrogen and oxygen atoms in total. The van der Waals surface area contributed by atoms with Crippen molar-refractivity contribution in [1.82, 2.24) is 0 Å². The Morgan fingerprint density at radius 3 is 3.07 bits per heavy atom. The quantitative estimate of drug-likeness (QED) is 0.771. The average Bonchev–Trinajstić information content (AvgIpc) is 2.27. The molecule has 0 saturated carbocycles. The van der Waals surface area contributed by atoms with Crippen LogP contribution in [0.4, 0.5) is 5.69 Å². The topological polar surface area (TPSA) is 58.6 Å². The Hall–Kier alpha value is -1.71. The van der Waals surface area contributed by atoms with Crippen molar-refractivity contribution in [3.05, 3.63) is 23.8 Å². The van der Waals surface area contributed by atoms with Crippen LogP contribution in [-0.2, 0) is 11.2 Å². The van der Waals surface area contributed by atoms with E-state index in [1.807, 2.05) is 18.2 Å². The van der Waals surface area contributed by atoms with E-state index in [1.165, 1.54) is 0 Å². The number of hydrogen-bond acceptors (Lipinski definition) is 3. The van der Waals surface area contributed by atoms with Crippen LogP contribution in [-0.4, -0.2) is 24.2 Å². The Morgan fingerprint density at radius 2 is 2.40 bits per heavy atom. The van der Waals surface area contributed by atoms with E-state index >= 15 is 0 Å². The van der Waals surface area contributed by atoms with Crippen LogP contribution >= 0.6 is 0 Å². The summed E-state index contributed by atoms with van der Waals surface area (Å²) < 4.78 is 5.09. The monoisotopic (exact) mass is 207 g/mol. The van der Waals surface area contributed by atoms with Crippen LogP contribution in [0, 0.1) is 0 Å². The van der Waals surface area contributed by atoms with Crippen LogP contribution in [0.5, 0.6) is 5.75 Å². The average molecular weight is 207 g/mol. The molecular formula is C11H13NO3. The van der Waals surface area contributed by atoms with Gasteiger partial charge < -0.3 is 15.2 Å². The predicted octanol–water partition coefficient (Wildman–Crippen LogP) is 1.51. The first-order chi connectivity index (χ1) is 7.20. The van der Waals surface area contributed by atoms with E-state index in [9.17, 15) is 4.79 Å². The standard InChI is InChI=1S/C11H13NO3/c1-15-8-4-2-7-3-5-9(11(13)14)12-10(7)6-8/h2,4,6,9,12H,3,5H2,1H3,(H,13,14)/t9-/m1/s1. The maximum Gasteiger partial charge on any atom is 0.326 e. The third-order valence-corrected chi connectivity index (χ3v) is 2.65. The lowest BCUT2D eigenvalue weighted by Gasteiger charge is -2.24. The highest BCUT2D eigenvalue weighted by atomic mass is 16.5. The van der Waals surface area contributed by atoms with Crippen LogP contribution in [0.25, 0.3) is 0 Å². The van der Waals surface area contributed by atoms with Gasteiger partial charge in [-0.3, -0.25) is 0 Å². The molecule has 1 heterocycles. The van der Waals surface area contributed by atoms with E-state index in [0.29, 0.717) is 6.42 Å². The molecule has 0 fully saturated rings. The van der Waals surface area contributed by atoms with E-state index in [0.717, 1.165) is 23.4 Å². The van der Waals surface area contributed by atoms with E-state index in [1.54, 1.807) is 7.11 Å². The molecular weight excluding hydrogens is 194 g/mol. The van der Waals surface area contributed by atoms with Gasteiger partial charge in [0.25, 0.3) is 0 Å². The SMILES string of the molecule is COc1ccc2c(c1)N[C@@H](C(=O)O)CC2. The van der Waals surface area contributed by atoms with Crippen molar-refractivity contribution in [2.75, 3.05) is 12.4 Å². The molecule has 4 heteroatoms. The van der Waals surface area contributed by atoms with Gasteiger partial charge in [0, 0.05) is 11.8 Å². The Labute approximate surface area is 87.9 Å². The highest BCUT2D eigenvalue weighted by Crippen LogP contribution is 2.28. The molecule has 0 aromatic heterocycles. The fourth-order valence-electron chi connectivity index (χ4n) is 1.78. The van der Waals surface area contributed by atoms with Gasteiger partial charge in [-0.2, -0.15) is 0 Å². The lowest BCUT2D eigenvalue weighted by Crippen LogP contribution is -2.33. The number of carboxylic acids is 1. The summed E-state index contributed by atoms with van der Waals surface area (Å²) in [5.41, 5.74) is 2.02. The van der Waals surface area contributed by atoms with Crippen molar-refractivity contribution in [2.24, 2.45) is 0 Å². The smallest absolute Gasteiger partial charge is 0.326 e. The summed E-state index contributed by atoms with van der Waals surface area (Å²) in [6.45, 7) is 0. The maximum absolute atomic E-state index is 10.8. The Bertz CT molecular complexity index is 389. The van der Waals surface area contributed by atoms with Crippen molar-refractivity contribution in [3.63, 3.8) is 0 Å². The number of fused-ring (bicyclic) bond motifs is 1. The highest BCUT2D eigenvalue weighted by Gasteiger charge is 2.23. The largest absolute Gasteiger partial charge is 0.497 e. The normalized spacial score (nSPS) is 18.9. The molecule has 1 atom stereocenters. The molecule has 1 aliphatic rings. The van der Waals surface area contributed by atoms with Crippen molar-refractivity contribution < 1.29 is 14.6 Å². The zero-order chi connectivity index (χ0) is 10.8. The van der Waals surface area contributed by atoms with Crippen LogP contribution in [0.15, 0.2) is 18.2 Å². The summed E-state index contributed by atoms with van der Waals surface area (Å²) in [5.74, 6) is -0.0595. The molecule has 2 N–H and O–H groups in total. The second-order valence-corrected chi connectivity index (χ2v) is 3.60. The zero-order valence-corrected chi connectivity index (χ0v) is 8.49. The third-order valence-electron chi connectivity index (χ3n) is 2.65. The lowest BCUT2D eigenvalue weighted by atomic mass is 9.98. The minimum atomic E-state index is -0.802. The number of aryl methyl sites for hydroxylation is 1. The number of rotatable bonds is 2. The number of carboxylic acid groups (broad SMARTS) is 1. The summed E-state index contributed by atoms with van der Waals surface area (Å²) in [7, 11) is 1.60.